The monoisotopic (exact) mass is 376 g/mol. The van der Waals surface area contributed by atoms with Crippen molar-refractivity contribution in [3.63, 3.8) is 0 Å². The molecule has 6 nitrogen and oxygen atoms in total. The normalized spacial score (nSPS) is 11.3. The number of hydrogen-bond acceptors (Lipinski definition) is 4. The zero-order chi connectivity index (χ0) is 19.0. The van der Waals surface area contributed by atoms with E-state index in [1.807, 2.05) is 30.3 Å². The lowest BCUT2D eigenvalue weighted by molar-refractivity contribution is 0.0779. The molecule has 2 aromatic rings. The van der Waals surface area contributed by atoms with E-state index < -0.39 is 10.0 Å². The maximum atomic E-state index is 12.5. The zero-order valence-electron chi connectivity index (χ0n) is 15.0. The third-order valence-electron chi connectivity index (χ3n) is 3.89. The molecule has 0 aliphatic carbocycles. The van der Waals surface area contributed by atoms with Crippen LogP contribution < -0.4 is 4.72 Å². The number of methoxy groups -OCH3 is 1. The summed E-state index contributed by atoms with van der Waals surface area (Å²) in [4.78, 5) is 14.1. The van der Waals surface area contributed by atoms with Crippen molar-refractivity contribution in [2.24, 2.45) is 0 Å². The molecule has 7 heteroatoms. The summed E-state index contributed by atoms with van der Waals surface area (Å²) in [5.74, 6) is -0.221. The van der Waals surface area contributed by atoms with Gasteiger partial charge in [-0.05, 0) is 30.2 Å². The van der Waals surface area contributed by atoms with E-state index in [0.717, 1.165) is 12.0 Å². The minimum absolute atomic E-state index is 0.0737. The van der Waals surface area contributed by atoms with Crippen LogP contribution in [0.4, 0.5) is 0 Å². The van der Waals surface area contributed by atoms with Crippen LogP contribution in [-0.2, 0) is 21.3 Å². The van der Waals surface area contributed by atoms with Gasteiger partial charge in [0.05, 0.1) is 4.90 Å². The summed E-state index contributed by atoms with van der Waals surface area (Å²) in [6.45, 7) is 1.30. The van der Waals surface area contributed by atoms with Gasteiger partial charge < -0.3 is 9.64 Å². The summed E-state index contributed by atoms with van der Waals surface area (Å²) in [7, 11) is -0.405. The van der Waals surface area contributed by atoms with Gasteiger partial charge in [-0.2, -0.15) is 0 Å². The summed E-state index contributed by atoms with van der Waals surface area (Å²) in [5, 5.41) is 0. The van der Waals surface area contributed by atoms with Crippen molar-refractivity contribution in [2.45, 2.75) is 17.9 Å². The zero-order valence-corrected chi connectivity index (χ0v) is 15.8. The van der Waals surface area contributed by atoms with Crippen molar-refractivity contribution in [3.05, 3.63) is 65.7 Å². The number of sulfonamides is 1. The maximum absolute atomic E-state index is 12.5. The third kappa shape index (κ3) is 5.66. The Balaban J connectivity index is 2.08. The Kier molecular flexibility index (Phi) is 7.32. The predicted molar refractivity (Wildman–Crippen MR) is 100 cm³/mol. The molecule has 2 aromatic carbocycles. The van der Waals surface area contributed by atoms with E-state index >= 15 is 0 Å². The molecule has 1 N–H and O–H groups in total. The van der Waals surface area contributed by atoms with Crippen LogP contribution in [0.2, 0.25) is 0 Å². The number of rotatable bonds is 9. The van der Waals surface area contributed by atoms with Gasteiger partial charge in [0.2, 0.25) is 10.0 Å². The number of nitrogens with zero attached hydrogens (tertiary/aromatic N) is 1. The maximum Gasteiger partial charge on any atom is 0.253 e. The molecular weight excluding hydrogens is 352 g/mol. The summed E-state index contributed by atoms with van der Waals surface area (Å²) in [6, 6.07) is 15.3. The molecule has 0 spiro atoms. The first kappa shape index (κ1) is 20.1. The van der Waals surface area contributed by atoms with Crippen molar-refractivity contribution in [2.75, 3.05) is 27.3 Å². The molecule has 0 unspecified atom stereocenters. The first-order chi connectivity index (χ1) is 12.4. The number of benzene rings is 2. The number of ether oxygens (including phenoxy) is 1. The van der Waals surface area contributed by atoms with Gasteiger partial charge in [0, 0.05) is 39.4 Å². The molecule has 0 aromatic heterocycles. The number of amides is 1. The Bertz CT molecular complexity index is 822. The highest BCUT2D eigenvalue weighted by Gasteiger charge is 2.17. The van der Waals surface area contributed by atoms with Crippen molar-refractivity contribution in [3.8, 4) is 0 Å². The van der Waals surface area contributed by atoms with E-state index in [1.165, 1.54) is 12.1 Å². The van der Waals surface area contributed by atoms with Gasteiger partial charge in [-0.3, -0.25) is 4.79 Å². The second-order valence-electron chi connectivity index (χ2n) is 5.91. The fourth-order valence-corrected chi connectivity index (χ4v) is 3.49. The second kappa shape index (κ2) is 9.47. The van der Waals surface area contributed by atoms with E-state index in [-0.39, 0.29) is 17.3 Å². The van der Waals surface area contributed by atoms with E-state index in [2.05, 4.69) is 4.72 Å². The summed E-state index contributed by atoms with van der Waals surface area (Å²) >= 11 is 0. The van der Waals surface area contributed by atoms with Gasteiger partial charge in [-0.25, -0.2) is 13.1 Å². The van der Waals surface area contributed by atoms with Crippen LogP contribution >= 0.6 is 0 Å². The largest absolute Gasteiger partial charge is 0.385 e. The predicted octanol–water partition coefficient (Wildman–Crippen LogP) is 2.27. The molecule has 0 radical (unpaired) electrons. The smallest absolute Gasteiger partial charge is 0.253 e. The van der Waals surface area contributed by atoms with Crippen LogP contribution in [-0.4, -0.2) is 46.5 Å². The van der Waals surface area contributed by atoms with E-state index in [9.17, 15) is 13.2 Å². The molecule has 0 heterocycles. The van der Waals surface area contributed by atoms with Crippen LogP contribution in [0.15, 0.2) is 59.5 Å². The first-order valence-electron chi connectivity index (χ1n) is 8.32. The average Bonchev–Trinajstić information content (AvgIpc) is 2.67. The van der Waals surface area contributed by atoms with Crippen LogP contribution in [0.25, 0.3) is 0 Å². The molecule has 0 saturated carbocycles. The van der Waals surface area contributed by atoms with Gasteiger partial charge in [0.25, 0.3) is 5.91 Å². The summed E-state index contributed by atoms with van der Waals surface area (Å²) in [5.41, 5.74) is 1.20. The standard InChI is InChI=1S/C19H24N2O4S/c1-21(12-7-13-25-2)19(22)17-10-6-11-18(14-17)26(23,24)20-15-16-8-4-3-5-9-16/h3-6,8-11,14,20H,7,12-13,15H2,1-2H3. The minimum Gasteiger partial charge on any atom is -0.385 e. The first-order valence-corrected chi connectivity index (χ1v) is 9.80. The third-order valence-corrected chi connectivity index (χ3v) is 5.29. The van der Waals surface area contributed by atoms with Crippen molar-refractivity contribution < 1.29 is 17.9 Å². The van der Waals surface area contributed by atoms with Gasteiger partial charge >= 0.3 is 0 Å². The van der Waals surface area contributed by atoms with Crippen LogP contribution in [0.5, 0.6) is 0 Å². The summed E-state index contributed by atoms with van der Waals surface area (Å²) < 4.78 is 32.6. The molecule has 0 saturated heterocycles. The van der Waals surface area contributed by atoms with E-state index in [4.69, 9.17) is 4.74 Å². The van der Waals surface area contributed by atoms with Crippen LogP contribution in [0.1, 0.15) is 22.3 Å². The Morgan fingerprint density at radius 3 is 2.54 bits per heavy atom. The molecule has 0 aliphatic rings. The number of nitrogens with one attached hydrogen (secondary N) is 1. The lowest BCUT2D eigenvalue weighted by Crippen LogP contribution is -2.29. The van der Waals surface area contributed by atoms with Crippen molar-refractivity contribution in [1.82, 2.24) is 9.62 Å². The molecule has 0 fully saturated rings. The number of hydrogen-bond donors (Lipinski definition) is 1. The molecule has 140 valence electrons. The van der Waals surface area contributed by atoms with Crippen molar-refractivity contribution in [1.29, 1.82) is 0 Å². The van der Waals surface area contributed by atoms with E-state index in [0.29, 0.717) is 18.7 Å². The Morgan fingerprint density at radius 1 is 1.12 bits per heavy atom. The van der Waals surface area contributed by atoms with Gasteiger partial charge in [-0.1, -0.05) is 36.4 Å². The molecule has 0 aliphatic heterocycles. The fraction of sp³-hybridized carbons (Fsp3) is 0.316. The lowest BCUT2D eigenvalue weighted by atomic mass is 10.2. The quantitative estimate of drug-likeness (QED) is 0.681. The second-order valence-corrected chi connectivity index (χ2v) is 7.68. The Hall–Kier alpha value is -2.22. The van der Waals surface area contributed by atoms with Gasteiger partial charge in [0.15, 0.2) is 0 Å². The highest BCUT2D eigenvalue weighted by Crippen LogP contribution is 2.14. The van der Waals surface area contributed by atoms with Gasteiger partial charge in [0.1, 0.15) is 0 Å². The van der Waals surface area contributed by atoms with Gasteiger partial charge in [-0.15, -0.1) is 0 Å². The molecule has 2 rings (SSSR count). The average molecular weight is 376 g/mol. The fourth-order valence-electron chi connectivity index (χ4n) is 2.42. The Labute approximate surface area is 154 Å². The van der Waals surface area contributed by atoms with Crippen LogP contribution in [0.3, 0.4) is 0 Å². The highest BCUT2D eigenvalue weighted by molar-refractivity contribution is 7.89. The molecule has 1 amide bonds. The number of carbonyl (C=O) groups excluding carboxylic acids is 1. The highest BCUT2D eigenvalue weighted by atomic mass is 32.2. The van der Waals surface area contributed by atoms with Crippen molar-refractivity contribution >= 4 is 15.9 Å². The van der Waals surface area contributed by atoms with E-state index in [1.54, 1.807) is 31.2 Å². The molecule has 0 atom stereocenters. The summed E-state index contributed by atoms with van der Waals surface area (Å²) in [6.07, 6.45) is 0.718. The minimum atomic E-state index is -3.70. The molecular formula is C19H24N2O4S. The van der Waals surface area contributed by atoms with Crippen LogP contribution in [0, 0.1) is 0 Å². The molecule has 26 heavy (non-hydrogen) atoms. The molecule has 0 bridgehead atoms. The number of carbonyl (C=O) groups is 1. The lowest BCUT2D eigenvalue weighted by Gasteiger charge is -2.17. The SMILES string of the molecule is COCCCN(C)C(=O)c1cccc(S(=O)(=O)NCc2ccccc2)c1. The topological polar surface area (TPSA) is 75.7 Å². The Morgan fingerprint density at radius 2 is 1.85 bits per heavy atom.